The van der Waals surface area contributed by atoms with Crippen molar-refractivity contribution in [3.8, 4) is 5.75 Å². The molecule has 4 heteroatoms. The molecule has 1 nitrogen and oxygen atoms in total. The molecule has 2 aromatic rings. The van der Waals surface area contributed by atoms with Gasteiger partial charge in [-0.3, -0.25) is 0 Å². The molecule has 0 aliphatic rings. The van der Waals surface area contributed by atoms with Gasteiger partial charge in [-0.15, -0.1) is 11.3 Å². The Labute approximate surface area is 105 Å². The Bertz CT molecular complexity index is 466. The van der Waals surface area contributed by atoms with Crippen LogP contribution in [0.15, 0.2) is 18.2 Å². The molecule has 0 saturated carbocycles. The third-order valence-electron chi connectivity index (χ3n) is 1.87. The summed E-state index contributed by atoms with van der Waals surface area (Å²) in [7, 11) is 0. The lowest BCUT2D eigenvalue weighted by atomic mass is 10.2. The fourth-order valence-electron chi connectivity index (χ4n) is 1.27. The highest BCUT2D eigenvalue weighted by atomic mass is 127. The largest absolute Gasteiger partial charge is 0.494 e. The van der Waals surface area contributed by atoms with Gasteiger partial charge in [0.1, 0.15) is 10.1 Å². The first kappa shape index (κ1) is 10.5. The number of fused-ring (bicyclic) bond motifs is 1. The second kappa shape index (κ2) is 4.24. The van der Waals surface area contributed by atoms with Gasteiger partial charge >= 0.3 is 0 Å². The fourth-order valence-corrected chi connectivity index (χ4v) is 3.38. The maximum atomic E-state index is 6.05. The third-order valence-corrected chi connectivity index (χ3v) is 5.06. The lowest BCUT2D eigenvalue weighted by molar-refractivity contribution is 0.341. The first-order valence-corrected chi connectivity index (χ1v) is 6.50. The van der Waals surface area contributed by atoms with E-state index in [1.165, 1.54) is 10.1 Å². The van der Waals surface area contributed by atoms with Crippen LogP contribution < -0.4 is 4.74 Å². The molecule has 0 fully saturated rings. The van der Waals surface area contributed by atoms with Gasteiger partial charge in [0.15, 0.2) is 0 Å². The quantitative estimate of drug-likeness (QED) is 0.730. The maximum absolute atomic E-state index is 6.05. The van der Waals surface area contributed by atoms with E-state index in [0.29, 0.717) is 6.61 Å². The van der Waals surface area contributed by atoms with Gasteiger partial charge in [-0.2, -0.15) is 0 Å². The number of thiophene rings is 1. The molecule has 0 bridgehead atoms. The summed E-state index contributed by atoms with van der Waals surface area (Å²) >= 11 is 9.93. The van der Waals surface area contributed by atoms with Crippen LogP contribution in [0.25, 0.3) is 10.1 Å². The monoisotopic (exact) mass is 338 g/mol. The molecule has 74 valence electrons. The van der Waals surface area contributed by atoms with Crippen LogP contribution in [0, 0.1) is 3.57 Å². The summed E-state index contributed by atoms with van der Waals surface area (Å²) in [5, 5.41) is 1.19. The van der Waals surface area contributed by atoms with E-state index in [1.54, 1.807) is 11.3 Å². The van der Waals surface area contributed by atoms with Gasteiger partial charge in [-0.05, 0) is 47.7 Å². The summed E-state index contributed by atoms with van der Waals surface area (Å²) in [6.07, 6.45) is 0. The van der Waals surface area contributed by atoms with Crippen LogP contribution >= 0.6 is 45.5 Å². The smallest absolute Gasteiger partial charge is 0.120 e. The summed E-state index contributed by atoms with van der Waals surface area (Å²) in [6.45, 7) is 2.68. The van der Waals surface area contributed by atoms with Crippen LogP contribution in [0.4, 0.5) is 0 Å². The predicted octanol–water partition coefficient (Wildman–Crippen LogP) is 4.56. The van der Waals surface area contributed by atoms with Crippen molar-refractivity contribution in [3.05, 3.63) is 26.1 Å². The Morgan fingerprint density at radius 3 is 3.00 bits per heavy atom. The van der Waals surface area contributed by atoms with E-state index in [4.69, 9.17) is 16.3 Å². The van der Waals surface area contributed by atoms with E-state index in [2.05, 4.69) is 28.7 Å². The second-order valence-corrected chi connectivity index (χ2v) is 5.51. The topological polar surface area (TPSA) is 9.23 Å². The van der Waals surface area contributed by atoms with Crippen molar-refractivity contribution < 1.29 is 4.74 Å². The molecule has 1 aromatic heterocycles. The normalized spacial score (nSPS) is 10.8. The Kier molecular flexibility index (Phi) is 3.19. The molecule has 0 unspecified atom stereocenters. The summed E-state index contributed by atoms with van der Waals surface area (Å²) in [5.74, 6) is 0.910. The third kappa shape index (κ3) is 1.85. The van der Waals surface area contributed by atoms with Crippen molar-refractivity contribution in [1.29, 1.82) is 0 Å². The van der Waals surface area contributed by atoms with Gasteiger partial charge in [0.2, 0.25) is 0 Å². The van der Waals surface area contributed by atoms with E-state index in [1.807, 2.05) is 19.1 Å². The number of hydrogen-bond donors (Lipinski definition) is 0. The molecule has 0 aliphatic carbocycles. The Morgan fingerprint density at radius 2 is 2.29 bits per heavy atom. The molecular weight excluding hydrogens is 331 g/mol. The molecule has 14 heavy (non-hydrogen) atoms. The van der Waals surface area contributed by atoms with Gasteiger partial charge in [-0.1, -0.05) is 11.6 Å². The van der Waals surface area contributed by atoms with Crippen LogP contribution in [0.5, 0.6) is 5.75 Å². The van der Waals surface area contributed by atoms with Crippen molar-refractivity contribution in [2.24, 2.45) is 0 Å². The molecule has 0 spiro atoms. The number of hydrogen-bond acceptors (Lipinski definition) is 2. The highest BCUT2D eigenvalue weighted by molar-refractivity contribution is 14.1. The van der Waals surface area contributed by atoms with Gasteiger partial charge < -0.3 is 4.74 Å². The molecule has 0 radical (unpaired) electrons. The van der Waals surface area contributed by atoms with E-state index >= 15 is 0 Å². The van der Waals surface area contributed by atoms with Crippen molar-refractivity contribution in [2.75, 3.05) is 6.61 Å². The minimum absolute atomic E-state index is 0.694. The summed E-state index contributed by atoms with van der Waals surface area (Å²) in [6, 6.07) is 6.08. The minimum Gasteiger partial charge on any atom is -0.494 e. The molecule has 1 heterocycles. The summed E-state index contributed by atoms with van der Waals surface area (Å²) in [4.78, 5) is 0. The molecule has 0 N–H and O–H groups in total. The van der Waals surface area contributed by atoms with Crippen molar-refractivity contribution >= 4 is 55.6 Å². The average molecular weight is 339 g/mol. The van der Waals surface area contributed by atoms with E-state index in [9.17, 15) is 0 Å². The maximum Gasteiger partial charge on any atom is 0.120 e. The van der Waals surface area contributed by atoms with Gasteiger partial charge in [0.25, 0.3) is 0 Å². The molecule has 1 aromatic carbocycles. The van der Waals surface area contributed by atoms with Crippen LogP contribution in [0.1, 0.15) is 6.92 Å². The summed E-state index contributed by atoms with van der Waals surface area (Å²) in [5.41, 5.74) is 0. The van der Waals surface area contributed by atoms with E-state index in [-0.39, 0.29) is 0 Å². The van der Waals surface area contributed by atoms with Gasteiger partial charge in [-0.25, -0.2) is 0 Å². The number of ether oxygens (including phenoxy) is 1. The Morgan fingerprint density at radius 1 is 1.50 bits per heavy atom. The summed E-state index contributed by atoms with van der Waals surface area (Å²) < 4.78 is 8.62. The number of rotatable bonds is 2. The highest BCUT2D eigenvalue weighted by Crippen LogP contribution is 2.37. The van der Waals surface area contributed by atoms with Crippen molar-refractivity contribution in [2.45, 2.75) is 6.92 Å². The van der Waals surface area contributed by atoms with Crippen LogP contribution in [-0.2, 0) is 0 Å². The van der Waals surface area contributed by atoms with Crippen molar-refractivity contribution in [1.82, 2.24) is 0 Å². The SMILES string of the molecule is CCOc1ccc2sc(Cl)c(I)c2c1. The minimum atomic E-state index is 0.694. The molecule has 0 aliphatic heterocycles. The zero-order chi connectivity index (χ0) is 10.1. The standard InChI is InChI=1S/C10H8ClIOS/c1-2-13-6-3-4-8-7(5-6)9(12)10(11)14-8/h3-5H,2H2,1H3. The lowest BCUT2D eigenvalue weighted by Gasteiger charge is -2.01. The molecule has 0 amide bonds. The van der Waals surface area contributed by atoms with E-state index < -0.39 is 0 Å². The first-order valence-electron chi connectivity index (χ1n) is 4.22. The predicted molar refractivity (Wildman–Crippen MR) is 70.7 cm³/mol. The second-order valence-electron chi connectivity index (χ2n) is 2.78. The molecular formula is C10H8ClIOS. The van der Waals surface area contributed by atoms with E-state index in [0.717, 1.165) is 13.7 Å². The number of halogens is 2. The van der Waals surface area contributed by atoms with Gasteiger partial charge in [0, 0.05) is 10.1 Å². The zero-order valence-electron chi connectivity index (χ0n) is 7.51. The van der Waals surface area contributed by atoms with Crippen molar-refractivity contribution in [3.63, 3.8) is 0 Å². The molecule has 2 rings (SSSR count). The molecule has 0 saturated heterocycles. The van der Waals surface area contributed by atoms with Crippen LogP contribution in [0.3, 0.4) is 0 Å². The Hall–Kier alpha value is -0.000000000000000167. The highest BCUT2D eigenvalue weighted by Gasteiger charge is 2.08. The fraction of sp³-hybridized carbons (Fsp3) is 0.200. The average Bonchev–Trinajstić information content (AvgIpc) is 2.45. The lowest BCUT2D eigenvalue weighted by Crippen LogP contribution is -1.90. The molecule has 0 atom stereocenters. The Balaban J connectivity index is 2.58. The van der Waals surface area contributed by atoms with Crippen LogP contribution in [0.2, 0.25) is 4.34 Å². The van der Waals surface area contributed by atoms with Crippen LogP contribution in [-0.4, -0.2) is 6.61 Å². The number of benzene rings is 1. The zero-order valence-corrected chi connectivity index (χ0v) is 11.2. The van der Waals surface area contributed by atoms with Gasteiger partial charge in [0.05, 0.1) is 10.2 Å². The first-order chi connectivity index (χ1) is 6.72.